The Balaban J connectivity index is 1.01. The van der Waals surface area contributed by atoms with Crippen LogP contribution in [0.15, 0.2) is 0 Å². The summed E-state index contributed by atoms with van der Waals surface area (Å²) in [5, 5.41) is 339. The lowest BCUT2D eigenvalue weighted by Gasteiger charge is -2.52. The van der Waals surface area contributed by atoms with E-state index >= 15 is 0 Å². The molecule has 0 aliphatic carbocycles. The zero-order valence-electron chi connectivity index (χ0n) is 73.4. The Kier molecular flexibility index (Phi) is 40.1. The van der Waals surface area contributed by atoms with Gasteiger partial charge in [-0.2, -0.15) is 0 Å². The first kappa shape index (κ1) is 112. The SMILES string of the molecule is CC(=O)N[C@H]1[C@H](O[C@@H]2[C@@H](OC[C@H]3O[C@@H](O[C@H]4[C@H](O)[C@@H](NC(C)=O)[C@H](O[C@H]5[C@H](O)[C@@H](NC(C)=O)C(O)O[C@@H]5CO[C@@H]5O[C@@H](C)[C@@H](O)[C@@H](O)[C@@H]5O)O[C@@H]4CO)[C@@H](O[C@@H]4O[C@H](CO)[C@@H](O)[C@H](O)[C@H]4NC(C)=O)[C@@H](O[C@H]4O[C@H](CO)[C@@H](O)[C@H](O)[C@@H]4O[C@@H]4O[C@H](CO)[C@@H](O[C@@H]5O[C@H](CO)[C@H](O)[C@H](O)[C@H]5O)[C@H](O)[C@H]4NC(C)=O)[C@@H]3O)O[C@H](CO)[C@@H](O)[C@@H]2O)O[C@H](CO)[C@@H](O[C@@H]2O[C@H](CO)[C@H](O)[C@H](O)[C@H]2O)[C@@H]1O. The van der Waals surface area contributed by atoms with Crippen molar-refractivity contribution in [1.29, 1.82) is 0 Å². The minimum absolute atomic E-state index is 0.878. The minimum Gasteiger partial charge on any atom is -0.394 e. The largest absolute Gasteiger partial charge is 0.394 e. The van der Waals surface area contributed by atoms with Gasteiger partial charge in [0.15, 0.2) is 69.2 Å². The molecule has 55 atom stereocenters. The van der Waals surface area contributed by atoms with Gasteiger partial charge in [-0.05, 0) is 6.92 Å². The summed E-state index contributed by atoms with van der Waals surface area (Å²) in [5.74, 6) is -5.02. The van der Waals surface area contributed by atoms with Gasteiger partial charge in [0.1, 0.15) is 262 Å². The summed E-state index contributed by atoms with van der Waals surface area (Å²) in [6.45, 7) is -5.99. The molecule has 11 heterocycles. The Morgan fingerprint density at radius 3 is 0.853 bits per heavy atom. The summed E-state index contributed by atoms with van der Waals surface area (Å²) in [6.07, 6.45) is -108. The molecule has 34 N–H and O–H groups in total. The average Bonchev–Trinajstić information content (AvgIpc) is 0.754. The van der Waals surface area contributed by atoms with Gasteiger partial charge in [0, 0.05) is 34.6 Å². The third kappa shape index (κ3) is 24.8. The molecule has 11 saturated heterocycles. The van der Waals surface area contributed by atoms with Crippen LogP contribution in [0, 0.1) is 0 Å². The van der Waals surface area contributed by atoms with Crippen LogP contribution in [0.3, 0.4) is 0 Å². The average molecular weight is 1990 g/mol. The molecule has 11 fully saturated rings. The molecule has 136 heavy (non-hydrogen) atoms. The van der Waals surface area contributed by atoms with Crippen LogP contribution in [0.2, 0.25) is 0 Å². The second-order valence-corrected chi connectivity index (χ2v) is 34.5. The van der Waals surface area contributed by atoms with Crippen LogP contribution in [0.1, 0.15) is 41.5 Å². The number of hydrogen-bond donors (Lipinski definition) is 34. The lowest BCUT2D eigenvalue weighted by Crippen LogP contribution is -2.72. The van der Waals surface area contributed by atoms with E-state index in [1.807, 2.05) is 0 Å². The number of hydrogen-bond acceptors (Lipinski definition) is 55. The van der Waals surface area contributed by atoms with Crippen molar-refractivity contribution >= 4 is 29.5 Å². The topological polar surface area (TPSA) is 926 Å². The molecule has 0 aromatic carbocycles. The van der Waals surface area contributed by atoms with Crippen molar-refractivity contribution in [3.05, 3.63) is 0 Å². The number of carbonyl (C=O) groups excluding carboxylic acids is 5. The van der Waals surface area contributed by atoms with E-state index in [9.17, 15) is 172 Å². The molecule has 1 unspecified atom stereocenters. The Hall–Kier alpha value is -4.65. The number of aliphatic hydroxyl groups is 29. The molecule has 0 bridgehead atoms. The highest BCUT2D eigenvalue weighted by Crippen LogP contribution is 2.43. The summed E-state index contributed by atoms with van der Waals surface area (Å²) in [4.78, 5) is 65.9. The van der Waals surface area contributed by atoms with E-state index in [2.05, 4.69) is 26.6 Å². The molecular formula is C76H127N5O55. The molecule has 786 valence electrons. The summed E-state index contributed by atoms with van der Waals surface area (Å²) in [7, 11) is 0. The number of ether oxygens (including phenoxy) is 21. The van der Waals surface area contributed by atoms with Crippen molar-refractivity contribution in [2.45, 2.75) is 379 Å². The number of nitrogens with one attached hydrogen (secondary N) is 5. The minimum atomic E-state index is -2.72. The Labute approximate surface area is 770 Å². The first-order valence-electron chi connectivity index (χ1n) is 43.5. The van der Waals surface area contributed by atoms with Gasteiger partial charge in [0.2, 0.25) is 29.5 Å². The van der Waals surface area contributed by atoms with Crippen LogP contribution in [-0.4, -0.2) is 581 Å². The zero-order valence-corrected chi connectivity index (χ0v) is 73.4. The third-order valence-electron chi connectivity index (χ3n) is 24.9. The highest BCUT2D eigenvalue weighted by molar-refractivity contribution is 5.75. The number of carbonyl (C=O) groups is 5. The standard InChI is InChI=1S/C76H127N5O55/c1-17-38(95)50(107)55(112)71(118-17)116-16-32-61(46(103)33(66(115)119-32)77-18(2)90)129-68-35(79-20(4)92)49(106)60(30(14-89)125-68)132-76-65(136-67-34(78-19(3)91)45(102)39(96)23(7-82)120-67)62(133-75-64(54(111)43(100)27(11-86)124-75)135-70-37(81-22(6)94)48(105)59(29(13-88)127-70)131-73-57(114)52(109)41(98)25(9-84)122-73)44(101)31(128-76)15-117-74-63(53(110)42(99)26(10-85)123-74)134-69-36(80-21(5)93)47(104)58(28(12-87)126-69)130-72-56(113)51(108)40(97)24(8-83)121-72/h17,23-76,82-89,95-115H,7-16H2,1-6H3,(H,77,90)(H,78,91)(H,79,92)(H,80,93)(H,81,94)/t17-,23+,24+,25+,26+,27+,28+,29+,30+,31+,32+,33+,34+,35+,36+,37+,38+,39+,40-,41-,42+,43+,44+,45+,46+,47+,48+,49+,50+,51-,52-,53-,54-,55-,56+,57+,58+,59+,60+,61+,62-,63-,64-,65-,66?,67-,68-,69-,70-,71+,72-,73-,74-,75+,76-/m0/s1. The maximum atomic E-state index is 13.6. The molecule has 60 nitrogen and oxygen atoms in total. The van der Waals surface area contributed by atoms with Crippen LogP contribution < -0.4 is 26.6 Å². The van der Waals surface area contributed by atoms with Gasteiger partial charge in [-0.15, -0.1) is 0 Å². The summed E-state index contributed by atoms with van der Waals surface area (Å²) >= 11 is 0. The van der Waals surface area contributed by atoms with E-state index in [-0.39, 0.29) is 0 Å². The van der Waals surface area contributed by atoms with Crippen molar-refractivity contribution in [3.8, 4) is 0 Å². The molecule has 11 aliphatic heterocycles. The molecule has 5 amide bonds. The fourth-order valence-electron chi connectivity index (χ4n) is 17.6. The molecule has 0 radical (unpaired) electrons. The van der Waals surface area contributed by atoms with Crippen molar-refractivity contribution in [2.24, 2.45) is 0 Å². The van der Waals surface area contributed by atoms with Gasteiger partial charge in [0.25, 0.3) is 0 Å². The van der Waals surface area contributed by atoms with Crippen molar-refractivity contribution in [2.75, 3.05) is 66.1 Å². The molecule has 60 heteroatoms. The zero-order chi connectivity index (χ0) is 100. The van der Waals surface area contributed by atoms with Gasteiger partial charge in [-0.1, -0.05) is 0 Å². The van der Waals surface area contributed by atoms with Gasteiger partial charge in [-0.3, -0.25) is 24.0 Å². The third-order valence-corrected chi connectivity index (χ3v) is 24.9. The predicted octanol–water partition coefficient (Wildman–Crippen LogP) is -23.2. The fraction of sp³-hybridized carbons (Fsp3) is 0.934. The van der Waals surface area contributed by atoms with E-state index in [1.165, 1.54) is 6.92 Å². The lowest BCUT2D eigenvalue weighted by molar-refractivity contribution is -0.412. The highest BCUT2D eigenvalue weighted by Gasteiger charge is 2.63. The summed E-state index contributed by atoms with van der Waals surface area (Å²) < 4.78 is 128. The molecule has 0 saturated carbocycles. The number of aliphatic hydroxyl groups excluding tert-OH is 29. The van der Waals surface area contributed by atoms with Crippen LogP contribution in [-0.2, 0) is 123 Å². The maximum Gasteiger partial charge on any atom is 0.217 e. The second kappa shape index (κ2) is 48.8. The number of rotatable bonds is 35. The smallest absolute Gasteiger partial charge is 0.217 e. The Morgan fingerprint density at radius 1 is 0.206 bits per heavy atom. The Morgan fingerprint density at radius 2 is 0.456 bits per heavy atom. The maximum absolute atomic E-state index is 13.6. The fourth-order valence-corrected chi connectivity index (χ4v) is 17.6. The van der Waals surface area contributed by atoms with Gasteiger partial charge in [-0.25, -0.2) is 0 Å². The van der Waals surface area contributed by atoms with Gasteiger partial charge >= 0.3 is 0 Å². The highest BCUT2D eigenvalue weighted by atomic mass is 16.8. The molecule has 0 aromatic rings. The Bertz CT molecular complexity index is 3760. The van der Waals surface area contributed by atoms with E-state index in [1.54, 1.807) is 0 Å². The van der Waals surface area contributed by atoms with Crippen molar-refractivity contribution in [1.82, 2.24) is 26.6 Å². The molecule has 11 rings (SSSR count). The summed E-state index contributed by atoms with van der Waals surface area (Å²) in [5.41, 5.74) is 0. The second-order valence-electron chi connectivity index (χ2n) is 34.5. The van der Waals surface area contributed by atoms with E-state index in [4.69, 9.17) is 99.5 Å². The van der Waals surface area contributed by atoms with Crippen molar-refractivity contribution in [3.63, 3.8) is 0 Å². The van der Waals surface area contributed by atoms with Gasteiger partial charge in [0.05, 0.1) is 72.2 Å². The first-order valence-corrected chi connectivity index (χ1v) is 43.5. The summed E-state index contributed by atoms with van der Waals surface area (Å²) in [6, 6.07) is -10.2. The van der Waals surface area contributed by atoms with Gasteiger partial charge < -0.3 is 274 Å². The van der Waals surface area contributed by atoms with Crippen LogP contribution in [0.25, 0.3) is 0 Å². The molecule has 0 spiro atoms. The number of amides is 5. The first-order chi connectivity index (χ1) is 64.3. The lowest BCUT2D eigenvalue weighted by atomic mass is 9.93. The molecular weight excluding hydrogens is 1860 g/mol. The van der Waals surface area contributed by atoms with E-state index < -0.39 is 433 Å². The van der Waals surface area contributed by atoms with Crippen LogP contribution in [0.4, 0.5) is 0 Å². The molecule has 11 aliphatic rings. The molecule has 0 aromatic heterocycles. The van der Waals surface area contributed by atoms with E-state index in [0.717, 1.165) is 34.6 Å². The van der Waals surface area contributed by atoms with Crippen LogP contribution >= 0.6 is 0 Å². The quantitative estimate of drug-likeness (QED) is 0.0280. The normalized spacial score (nSPS) is 49.2. The monoisotopic (exact) mass is 1990 g/mol. The van der Waals surface area contributed by atoms with Crippen LogP contribution in [0.5, 0.6) is 0 Å². The van der Waals surface area contributed by atoms with E-state index in [0.29, 0.717) is 0 Å². The van der Waals surface area contributed by atoms with Crippen molar-refractivity contribution < 1.29 is 272 Å². The predicted molar refractivity (Wildman–Crippen MR) is 419 cm³/mol.